The van der Waals surface area contributed by atoms with E-state index in [4.69, 9.17) is 0 Å². The van der Waals surface area contributed by atoms with E-state index in [1.54, 1.807) is 6.08 Å². The molecule has 0 aromatic rings. The highest BCUT2D eigenvalue weighted by Crippen LogP contribution is 2.19. The maximum absolute atomic E-state index is 10.1. The molecule has 1 heteroatoms. The molecule has 0 saturated carbocycles. The highest BCUT2D eigenvalue weighted by molar-refractivity contribution is 5.30. The minimum Gasteiger partial charge on any atom is -0.388 e. The van der Waals surface area contributed by atoms with E-state index in [-0.39, 0.29) is 0 Å². The van der Waals surface area contributed by atoms with Gasteiger partial charge in [0.1, 0.15) is 0 Å². The van der Waals surface area contributed by atoms with Crippen LogP contribution in [0.2, 0.25) is 0 Å². The lowest BCUT2D eigenvalue weighted by Crippen LogP contribution is -2.10. The molecule has 0 radical (unpaired) electrons. The number of hydrogen-bond donors (Lipinski definition) is 1. The summed E-state index contributed by atoms with van der Waals surface area (Å²) in [5.74, 6) is 0. The Balaban J connectivity index is 0. The molecule has 1 aliphatic rings. The van der Waals surface area contributed by atoms with Crippen molar-refractivity contribution in [1.29, 1.82) is 0 Å². The predicted octanol–water partition coefficient (Wildman–Crippen LogP) is 5.75. The average molecular weight is 276 g/mol. The molecule has 1 unspecified atom stereocenters. The Bertz CT molecular complexity index is 343. The number of aliphatic hydroxyl groups excluding tert-OH is 1. The third-order valence-electron chi connectivity index (χ3n) is 2.64. The van der Waals surface area contributed by atoms with Crippen LogP contribution in [-0.2, 0) is 0 Å². The van der Waals surface area contributed by atoms with Gasteiger partial charge >= 0.3 is 0 Å². The number of hydrogen-bond acceptors (Lipinski definition) is 1. The van der Waals surface area contributed by atoms with E-state index in [1.807, 2.05) is 52.8 Å². The zero-order chi connectivity index (χ0) is 15.8. The zero-order valence-electron chi connectivity index (χ0n) is 13.9. The van der Waals surface area contributed by atoms with Crippen molar-refractivity contribution in [3.8, 4) is 0 Å². The maximum Gasteiger partial charge on any atom is 0.0827 e. The third kappa shape index (κ3) is 9.57. The topological polar surface area (TPSA) is 20.2 Å². The molecule has 0 aliphatic heterocycles. The lowest BCUT2D eigenvalue weighted by molar-refractivity contribution is 0.215. The van der Waals surface area contributed by atoms with Crippen molar-refractivity contribution in [2.75, 3.05) is 0 Å². The summed E-state index contributed by atoms with van der Waals surface area (Å²) in [6, 6.07) is 0. The Morgan fingerprint density at radius 3 is 2.40 bits per heavy atom. The van der Waals surface area contributed by atoms with Gasteiger partial charge in [-0.25, -0.2) is 0 Å². The van der Waals surface area contributed by atoms with Gasteiger partial charge in [0, 0.05) is 6.42 Å². The van der Waals surface area contributed by atoms with Crippen LogP contribution in [0.25, 0.3) is 0 Å². The van der Waals surface area contributed by atoms with Gasteiger partial charge in [-0.2, -0.15) is 0 Å². The van der Waals surface area contributed by atoms with E-state index < -0.39 is 6.10 Å². The first-order valence-corrected chi connectivity index (χ1v) is 7.77. The molecule has 0 aromatic carbocycles. The summed E-state index contributed by atoms with van der Waals surface area (Å²) >= 11 is 0. The molecule has 0 heterocycles. The average Bonchev–Trinajstić information content (AvgIpc) is 2.53. The van der Waals surface area contributed by atoms with Crippen molar-refractivity contribution >= 4 is 0 Å². The fourth-order valence-electron chi connectivity index (χ4n) is 1.74. The summed E-state index contributed by atoms with van der Waals surface area (Å²) in [5, 5.41) is 10.1. The zero-order valence-corrected chi connectivity index (χ0v) is 13.9. The minimum atomic E-state index is -0.421. The smallest absolute Gasteiger partial charge is 0.0827 e. The van der Waals surface area contributed by atoms with E-state index >= 15 is 0 Å². The van der Waals surface area contributed by atoms with Crippen LogP contribution in [0.15, 0.2) is 60.3 Å². The van der Waals surface area contributed by atoms with Gasteiger partial charge in [0.15, 0.2) is 0 Å². The Morgan fingerprint density at radius 1 is 1.30 bits per heavy atom. The van der Waals surface area contributed by atoms with Crippen molar-refractivity contribution < 1.29 is 5.11 Å². The molecule has 1 atom stereocenters. The molecule has 1 N–H and O–H groups in total. The van der Waals surface area contributed by atoms with Crippen LogP contribution in [0.3, 0.4) is 0 Å². The first-order chi connectivity index (χ1) is 9.77. The van der Waals surface area contributed by atoms with Gasteiger partial charge in [-0.15, -0.1) is 0 Å². The largest absolute Gasteiger partial charge is 0.388 e. The Morgan fingerprint density at radius 2 is 1.95 bits per heavy atom. The quantitative estimate of drug-likeness (QED) is 0.633. The van der Waals surface area contributed by atoms with Crippen LogP contribution in [0.4, 0.5) is 0 Å². The fourth-order valence-corrected chi connectivity index (χ4v) is 1.74. The molecule has 1 nitrogen and oxygen atoms in total. The molecule has 1 aliphatic carbocycles. The molecule has 114 valence electrons. The van der Waals surface area contributed by atoms with Crippen LogP contribution < -0.4 is 0 Å². The number of allylic oxidation sites excluding steroid dienone is 6. The Labute approximate surface area is 126 Å². The van der Waals surface area contributed by atoms with Crippen molar-refractivity contribution in [3.05, 3.63) is 60.3 Å². The van der Waals surface area contributed by atoms with E-state index in [0.717, 1.165) is 18.4 Å². The van der Waals surface area contributed by atoms with Crippen LogP contribution in [-0.4, -0.2) is 11.2 Å². The molecule has 0 fully saturated rings. The normalized spacial score (nSPS) is 15.5. The second-order valence-corrected chi connectivity index (χ2v) is 3.86. The molecule has 0 amide bonds. The molecule has 0 spiro atoms. The Kier molecular flexibility index (Phi) is 16.5. The second-order valence-electron chi connectivity index (χ2n) is 3.86. The molecule has 20 heavy (non-hydrogen) atoms. The van der Waals surface area contributed by atoms with Gasteiger partial charge in [0.25, 0.3) is 0 Å². The summed E-state index contributed by atoms with van der Waals surface area (Å²) in [6.45, 7) is 13.6. The van der Waals surface area contributed by atoms with Gasteiger partial charge < -0.3 is 5.11 Å². The monoisotopic (exact) mass is 276 g/mol. The fraction of sp³-hybridized carbons (Fsp3) is 0.474. The van der Waals surface area contributed by atoms with Crippen LogP contribution in [0.1, 0.15) is 53.9 Å². The maximum atomic E-state index is 10.1. The first-order valence-electron chi connectivity index (χ1n) is 7.77. The summed E-state index contributed by atoms with van der Waals surface area (Å²) in [6.07, 6.45) is 16.4. The lowest BCUT2D eigenvalue weighted by Gasteiger charge is -2.14. The molecule has 0 saturated heterocycles. The van der Waals surface area contributed by atoms with Gasteiger partial charge in [-0.3, -0.25) is 0 Å². The van der Waals surface area contributed by atoms with Crippen LogP contribution >= 0.6 is 0 Å². The summed E-state index contributed by atoms with van der Waals surface area (Å²) in [4.78, 5) is 0. The van der Waals surface area contributed by atoms with Crippen LogP contribution in [0, 0.1) is 0 Å². The van der Waals surface area contributed by atoms with E-state index in [1.165, 1.54) is 5.57 Å². The van der Waals surface area contributed by atoms with Crippen molar-refractivity contribution in [2.24, 2.45) is 0 Å². The van der Waals surface area contributed by atoms with E-state index in [0.29, 0.717) is 6.42 Å². The van der Waals surface area contributed by atoms with Gasteiger partial charge in [-0.05, 0) is 30.9 Å². The van der Waals surface area contributed by atoms with Crippen molar-refractivity contribution in [3.63, 3.8) is 0 Å². The van der Waals surface area contributed by atoms with Crippen molar-refractivity contribution in [1.82, 2.24) is 0 Å². The van der Waals surface area contributed by atoms with Gasteiger partial charge in [-0.1, -0.05) is 76.8 Å². The highest BCUT2D eigenvalue weighted by Gasteiger charge is 2.09. The lowest BCUT2D eigenvalue weighted by atomic mass is 9.97. The minimum absolute atomic E-state index is 0.421. The molecule has 1 rings (SSSR count). The second kappa shape index (κ2) is 15.7. The number of rotatable bonds is 5. The highest BCUT2D eigenvalue weighted by atomic mass is 16.3. The van der Waals surface area contributed by atoms with E-state index in [9.17, 15) is 5.11 Å². The van der Waals surface area contributed by atoms with Crippen molar-refractivity contribution in [2.45, 2.75) is 60.0 Å². The summed E-state index contributed by atoms with van der Waals surface area (Å²) in [7, 11) is 0. The molecular weight excluding hydrogens is 244 g/mol. The third-order valence-corrected chi connectivity index (χ3v) is 2.64. The molecule has 0 bridgehead atoms. The summed E-state index contributed by atoms with van der Waals surface area (Å²) < 4.78 is 0. The molecule has 0 aromatic heterocycles. The molecular formula is C19H32O. The first kappa shape index (κ1) is 21.0. The van der Waals surface area contributed by atoms with Gasteiger partial charge in [0.2, 0.25) is 0 Å². The standard InChI is InChI=1S/C15H20O.2C2H6/c1-3-5-11-14(4-2)15(16)12-13-9-7-6-8-10-13;2*1-2/h3-5,7,9-11,15-16H,1,6,8,12H2,2H3;2*1-2H3/b11-5-,14-4+;;. The predicted molar refractivity (Wildman–Crippen MR) is 92.9 cm³/mol. The summed E-state index contributed by atoms with van der Waals surface area (Å²) in [5.41, 5.74) is 2.17. The Hall–Kier alpha value is -1.34. The van der Waals surface area contributed by atoms with Gasteiger partial charge in [0.05, 0.1) is 6.10 Å². The SMILES string of the molecule is C=C/C=C\C(=C/C)C(O)CC1=CCCC=C1.CC.CC. The van der Waals surface area contributed by atoms with E-state index in [2.05, 4.69) is 24.8 Å². The number of aliphatic hydroxyl groups is 1. The van der Waals surface area contributed by atoms with Crippen LogP contribution in [0.5, 0.6) is 0 Å².